The summed E-state index contributed by atoms with van der Waals surface area (Å²) in [5.74, 6) is -0.0929. The Bertz CT molecular complexity index is 1360. The van der Waals surface area contributed by atoms with Crippen LogP contribution in [0.3, 0.4) is 0 Å². The molecule has 0 N–H and O–H groups in total. The van der Waals surface area contributed by atoms with Gasteiger partial charge in [-0.15, -0.1) is 0 Å². The van der Waals surface area contributed by atoms with Gasteiger partial charge in [-0.3, -0.25) is 18.9 Å². The first-order chi connectivity index (χ1) is 16.2. The third kappa shape index (κ3) is 4.12. The average Bonchev–Trinajstić information content (AvgIpc) is 3.16. The van der Waals surface area contributed by atoms with E-state index in [0.717, 1.165) is 34.5 Å². The van der Waals surface area contributed by atoms with Crippen LogP contribution < -0.4 is 5.69 Å². The lowest BCUT2D eigenvalue weighted by Gasteiger charge is -2.32. The van der Waals surface area contributed by atoms with E-state index in [1.54, 1.807) is 33.6 Å². The van der Waals surface area contributed by atoms with Gasteiger partial charge < -0.3 is 4.90 Å². The van der Waals surface area contributed by atoms with Crippen LogP contribution in [0.2, 0.25) is 0 Å². The summed E-state index contributed by atoms with van der Waals surface area (Å²) in [5.41, 5.74) is 2.28. The van der Waals surface area contributed by atoms with Gasteiger partial charge in [0.05, 0.1) is 29.0 Å². The second-order valence-corrected chi connectivity index (χ2v) is 9.19. The topological polar surface area (TPSA) is 60.1 Å². The molecule has 5 rings (SSSR count). The monoisotopic (exact) mass is 456 g/mol. The number of imidazole rings is 1. The number of fused-ring (bicyclic) bond motifs is 1. The number of benzene rings is 2. The summed E-state index contributed by atoms with van der Waals surface area (Å²) in [6, 6.07) is 20.0. The Morgan fingerprint density at radius 1 is 1.03 bits per heavy atom. The maximum atomic E-state index is 13.7. The molecule has 2 aromatic carbocycles. The van der Waals surface area contributed by atoms with E-state index in [-0.39, 0.29) is 17.6 Å². The summed E-state index contributed by atoms with van der Waals surface area (Å²) < 4.78 is 3.54. The van der Waals surface area contributed by atoms with Crippen molar-refractivity contribution in [1.82, 2.24) is 19.0 Å². The molecule has 33 heavy (non-hydrogen) atoms. The van der Waals surface area contributed by atoms with Crippen LogP contribution in [0.25, 0.3) is 16.7 Å². The van der Waals surface area contributed by atoms with Gasteiger partial charge in [-0.1, -0.05) is 36.5 Å². The van der Waals surface area contributed by atoms with E-state index in [0.29, 0.717) is 13.1 Å². The molecule has 1 amide bonds. The summed E-state index contributed by atoms with van der Waals surface area (Å²) in [4.78, 5) is 34.2. The Morgan fingerprint density at radius 3 is 2.55 bits per heavy atom. The number of carbonyl (C=O) groups is 1. The van der Waals surface area contributed by atoms with Gasteiger partial charge in [0.2, 0.25) is 5.91 Å². The van der Waals surface area contributed by atoms with E-state index in [1.165, 1.54) is 11.0 Å². The fourth-order valence-corrected chi connectivity index (χ4v) is 5.29. The second kappa shape index (κ2) is 9.11. The molecule has 6 nitrogen and oxygen atoms in total. The first-order valence-corrected chi connectivity index (χ1v) is 11.8. The van der Waals surface area contributed by atoms with E-state index in [1.807, 2.05) is 53.1 Å². The molecule has 3 heterocycles. The Labute approximate surface area is 196 Å². The molecule has 166 valence electrons. The van der Waals surface area contributed by atoms with Crippen molar-refractivity contribution >= 4 is 28.7 Å². The van der Waals surface area contributed by atoms with Crippen molar-refractivity contribution < 1.29 is 4.79 Å². The molecule has 1 aliphatic rings. The first-order valence-electron chi connectivity index (χ1n) is 11.0. The maximum Gasteiger partial charge on any atom is 0.334 e. The molecule has 7 heteroatoms. The zero-order valence-corrected chi connectivity index (χ0v) is 18.9. The molecule has 0 saturated carbocycles. The number of pyridine rings is 1. The summed E-state index contributed by atoms with van der Waals surface area (Å²) >= 11 is 1.68. The zero-order chi connectivity index (χ0) is 22.8. The maximum absolute atomic E-state index is 13.7. The van der Waals surface area contributed by atoms with Gasteiger partial charge in [0.25, 0.3) is 0 Å². The van der Waals surface area contributed by atoms with Gasteiger partial charge in [0, 0.05) is 29.1 Å². The van der Waals surface area contributed by atoms with Crippen LogP contribution in [0.15, 0.2) is 100 Å². The van der Waals surface area contributed by atoms with Gasteiger partial charge in [0.1, 0.15) is 0 Å². The number of amides is 1. The van der Waals surface area contributed by atoms with Crippen molar-refractivity contribution in [3.8, 4) is 5.69 Å². The number of carbonyl (C=O) groups excluding carboxylic acids is 1. The molecule has 0 aliphatic carbocycles. The highest BCUT2D eigenvalue weighted by Gasteiger charge is 2.27. The smallest absolute Gasteiger partial charge is 0.334 e. The minimum Gasteiger partial charge on any atom is -0.337 e. The molecule has 0 spiro atoms. The van der Waals surface area contributed by atoms with Crippen LogP contribution >= 0.6 is 11.8 Å². The average molecular weight is 457 g/mol. The van der Waals surface area contributed by atoms with Crippen LogP contribution in [0.1, 0.15) is 18.9 Å². The van der Waals surface area contributed by atoms with Crippen LogP contribution in [-0.2, 0) is 4.79 Å². The minimum absolute atomic E-state index is 0.0887. The number of rotatable bonds is 5. The molecule has 0 radical (unpaired) electrons. The minimum atomic E-state index is -0.112. The van der Waals surface area contributed by atoms with Gasteiger partial charge in [0.15, 0.2) is 0 Å². The highest BCUT2D eigenvalue weighted by Crippen LogP contribution is 2.29. The number of hydrogen-bond acceptors (Lipinski definition) is 4. The highest BCUT2D eigenvalue weighted by molar-refractivity contribution is 7.99. The summed E-state index contributed by atoms with van der Waals surface area (Å²) in [6.45, 7) is 4.79. The third-order valence-electron chi connectivity index (χ3n) is 6.00. The van der Waals surface area contributed by atoms with Crippen molar-refractivity contribution in [3.63, 3.8) is 0 Å². The number of nitrogens with zero attached hydrogens (tertiary/aromatic N) is 4. The Morgan fingerprint density at radius 2 is 1.79 bits per heavy atom. The highest BCUT2D eigenvalue weighted by atomic mass is 32.2. The molecule has 1 saturated heterocycles. The predicted molar refractivity (Wildman–Crippen MR) is 131 cm³/mol. The van der Waals surface area contributed by atoms with Crippen molar-refractivity contribution in [1.29, 1.82) is 0 Å². The quantitative estimate of drug-likeness (QED) is 0.409. The van der Waals surface area contributed by atoms with Gasteiger partial charge >= 0.3 is 5.69 Å². The second-order valence-electron chi connectivity index (χ2n) is 8.05. The zero-order valence-electron chi connectivity index (χ0n) is 18.1. The number of likely N-dealkylation sites (tertiary alicyclic amines) is 1. The van der Waals surface area contributed by atoms with Crippen molar-refractivity contribution in [2.75, 3.05) is 13.1 Å². The Balaban J connectivity index is 1.52. The Hall–Kier alpha value is -3.58. The summed E-state index contributed by atoms with van der Waals surface area (Å²) in [6.07, 6.45) is 6.47. The largest absolute Gasteiger partial charge is 0.337 e. The predicted octanol–water partition coefficient (Wildman–Crippen LogP) is 4.69. The van der Waals surface area contributed by atoms with E-state index >= 15 is 0 Å². The lowest BCUT2D eigenvalue weighted by atomic mass is 10.1. The summed E-state index contributed by atoms with van der Waals surface area (Å²) in [7, 11) is 0. The van der Waals surface area contributed by atoms with Crippen LogP contribution in [0.4, 0.5) is 0 Å². The van der Waals surface area contributed by atoms with E-state index in [4.69, 9.17) is 0 Å². The third-order valence-corrected chi connectivity index (χ3v) is 7.01. The molecule has 2 aromatic heterocycles. The molecule has 0 unspecified atom stereocenters. The van der Waals surface area contributed by atoms with Crippen molar-refractivity contribution in [2.24, 2.45) is 0 Å². The first kappa shape index (κ1) is 21.3. The number of hydrogen-bond donors (Lipinski definition) is 0. The lowest BCUT2D eigenvalue weighted by molar-refractivity contribution is -0.127. The molecular weight excluding hydrogens is 432 g/mol. The lowest BCUT2D eigenvalue weighted by Crippen LogP contribution is -2.42. The standard InChI is InChI=1S/C26H24N4O2S/c1-2-25(31)28-16-6-7-20(18-28)30-23-14-15-27-17-24(23)29(26(30)32)19-10-12-22(13-11-19)33-21-8-4-3-5-9-21/h2-5,8-15,17,20H,1,6-7,16,18H2/t20-/m1/s1. The van der Waals surface area contributed by atoms with Gasteiger partial charge in [-0.05, 0) is 61.4 Å². The molecule has 4 aromatic rings. The van der Waals surface area contributed by atoms with E-state index in [9.17, 15) is 9.59 Å². The molecule has 1 atom stereocenters. The van der Waals surface area contributed by atoms with E-state index < -0.39 is 0 Å². The van der Waals surface area contributed by atoms with Gasteiger partial charge in [-0.2, -0.15) is 0 Å². The van der Waals surface area contributed by atoms with Crippen LogP contribution in [0.5, 0.6) is 0 Å². The number of piperidine rings is 1. The van der Waals surface area contributed by atoms with Crippen LogP contribution in [-0.4, -0.2) is 38.0 Å². The van der Waals surface area contributed by atoms with Crippen molar-refractivity contribution in [3.05, 3.63) is 96.2 Å². The Kier molecular flexibility index (Phi) is 5.88. The fraction of sp³-hybridized carbons (Fsp3) is 0.192. The molecular formula is C26H24N4O2S. The molecule has 1 aliphatic heterocycles. The normalized spacial score (nSPS) is 16.1. The fourth-order valence-electron chi connectivity index (χ4n) is 4.45. The molecule has 0 bridgehead atoms. The number of aromatic nitrogens is 3. The van der Waals surface area contributed by atoms with Gasteiger partial charge in [-0.25, -0.2) is 4.79 Å². The molecule has 1 fully saturated rings. The summed E-state index contributed by atoms with van der Waals surface area (Å²) in [5, 5.41) is 0. The van der Waals surface area contributed by atoms with Crippen LogP contribution in [0, 0.1) is 0 Å². The van der Waals surface area contributed by atoms with Crippen molar-refractivity contribution in [2.45, 2.75) is 28.7 Å². The van der Waals surface area contributed by atoms with E-state index in [2.05, 4.69) is 23.7 Å². The SMILES string of the molecule is C=CC(=O)N1CCC[C@@H](n2c(=O)n(-c3ccc(Sc4ccccc4)cc3)c3cnccc32)C1.